The van der Waals surface area contributed by atoms with Crippen LogP contribution in [-0.2, 0) is 16.1 Å². The Morgan fingerprint density at radius 2 is 2.24 bits per heavy atom. The van der Waals surface area contributed by atoms with Gasteiger partial charge >= 0.3 is 0 Å². The molecule has 25 heavy (non-hydrogen) atoms. The molecular weight excluding hydrogens is 346 g/mol. The number of hydrogen-bond acceptors (Lipinski definition) is 4. The van der Waals surface area contributed by atoms with Gasteiger partial charge in [-0.2, -0.15) is 0 Å². The lowest BCUT2D eigenvalue weighted by molar-refractivity contribution is -0.117. The monoisotopic (exact) mass is 366 g/mol. The van der Waals surface area contributed by atoms with E-state index in [2.05, 4.69) is 5.32 Å². The number of thiophene rings is 1. The van der Waals surface area contributed by atoms with Gasteiger partial charge in [0, 0.05) is 30.6 Å². The molecule has 4 nitrogen and oxygen atoms in total. The molecule has 1 aliphatic rings. The van der Waals surface area contributed by atoms with Crippen molar-refractivity contribution >= 4 is 22.9 Å². The van der Waals surface area contributed by atoms with Crippen molar-refractivity contribution in [3.8, 4) is 0 Å². The highest BCUT2D eigenvalue weighted by atomic mass is 32.1. The molecule has 1 unspecified atom stereocenters. The zero-order valence-electron chi connectivity index (χ0n) is 13.7. The third-order valence-electron chi connectivity index (χ3n) is 4.02. The Kier molecular flexibility index (Phi) is 6.12. The summed E-state index contributed by atoms with van der Waals surface area (Å²) in [6.45, 7) is 2.10. The second-order valence-electron chi connectivity index (χ2n) is 6.06. The Hall–Kier alpha value is -1.83. The van der Waals surface area contributed by atoms with E-state index in [9.17, 15) is 13.6 Å². The Morgan fingerprint density at radius 1 is 1.36 bits per heavy atom. The van der Waals surface area contributed by atoms with Gasteiger partial charge in [0.05, 0.1) is 18.3 Å². The zero-order chi connectivity index (χ0) is 17.6. The fraction of sp³-hybridized carbons (Fsp3) is 0.389. The number of ether oxygens (including phenoxy) is 1. The number of anilines is 1. The lowest BCUT2D eigenvalue weighted by Crippen LogP contribution is -2.37. The molecule has 1 N–H and O–H groups in total. The van der Waals surface area contributed by atoms with E-state index >= 15 is 0 Å². The van der Waals surface area contributed by atoms with E-state index in [1.54, 1.807) is 11.3 Å². The van der Waals surface area contributed by atoms with E-state index in [4.69, 9.17) is 4.74 Å². The van der Waals surface area contributed by atoms with Crippen molar-refractivity contribution in [2.24, 2.45) is 0 Å². The molecular formula is C18H20F2N2O2S. The molecule has 1 aliphatic heterocycles. The third kappa shape index (κ3) is 5.32. The summed E-state index contributed by atoms with van der Waals surface area (Å²) in [4.78, 5) is 15.4. The second-order valence-corrected chi connectivity index (χ2v) is 7.09. The number of nitrogens with zero attached hydrogens (tertiary/aromatic N) is 1. The van der Waals surface area contributed by atoms with E-state index in [-0.39, 0.29) is 24.2 Å². The first kappa shape index (κ1) is 18.0. The van der Waals surface area contributed by atoms with Crippen LogP contribution >= 0.6 is 11.3 Å². The minimum Gasteiger partial charge on any atom is -0.377 e. The van der Waals surface area contributed by atoms with E-state index < -0.39 is 11.6 Å². The molecule has 1 saturated heterocycles. The summed E-state index contributed by atoms with van der Waals surface area (Å²) in [5.74, 6) is -1.62. The smallest absolute Gasteiger partial charge is 0.238 e. The topological polar surface area (TPSA) is 41.6 Å². The van der Waals surface area contributed by atoms with Crippen LogP contribution in [-0.4, -0.2) is 36.6 Å². The molecule has 1 atom stereocenters. The maximum Gasteiger partial charge on any atom is 0.238 e. The van der Waals surface area contributed by atoms with Crippen LogP contribution in [0.15, 0.2) is 35.7 Å². The molecule has 7 heteroatoms. The van der Waals surface area contributed by atoms with Crippen molar-refractivity contribution in [2.75, 3.05) is 25.0 Å². The Morgan fingerprint density at radius 3 is 2.96 bits per heavy atom. The average molecular weight is 366 g/mol. The highest BCUT2D eigenvalue weighted by Gasteiger charge is 2.21. The summed E-state index contributed by atoms with van der Waals surface area (Å²) in [5, 5.41) is 4.44. The Balaban J connectivity index is 1.63. The summed E-state index contributed by atoms with van der Waals surface area (Å²) in [6.07, 6.45) is 2.11. The van der Waals surface area contributed by atoms with Crippen LogP contribution < -0.4 is 5.32 Å². The van der Waals surface area contributed by atoms with Crippen LogP contribution in [0.4, 0.5) is 14.5 Å². The molecule has 0 spiro atoms. The SMILES string of the molecule is O=C(CN(Cc1cccs1)CC1CCCO1)Nc1cc(F)ccc1F. The predicted molar refractivity (Wildman–Crippen MR) is 93.6 cm³/mol. The van der Waals surface area contributed by atoms with Gasteiger partial charge in [-0.25, -0.2) is 8.78 Å². The second kappa shape index (κ2) is 8.51. The fourth-order valence-electron chi connectivity index (χ4n) is 2.87. The first-order valence-corrected chi connectivity index (χ1v) is 9.09. The molecule has 2 aromatic rings. The van der Waals surface area contributed by atoms with Crippen molar-refractivity contribution in [3.63, 3.8) is 0 Å². The summed E-state index contributed by atoms with van der Waals surface area (Å²) >= 11 is 1.62. The molecule has 1 aromatic carbocycles. The minimum atomic E-state index is -0.654. The quantitative estimate of drug-likeness (QED) is 0.813. The minimum absolute atomic E-state index is 0.0910. The molecule has 0 saturated carbocycles. The highest BCUT2D eigenvalue weighted by molar-refractivity contribution is 7.09. The lowest BCUT2D eigenvalue weighted by Gasteiger charge is -2.24. The number of benzene rings is 1. The normalized spacial score (nSPS) is 17.2. The van der Waals surface area contributed by atoms with Crippen molar-refractivity contribution in [2.45, 2.75) is 25.5 Å². The number of halogens is 2. The number of rotatable bonds is 7. The van der Waals surface area contributed by atoms with Crippen LogP contribution in [0, 0.1) is 11.6 Å². The van der Waals surface area contributed by atoms with E-state index in [0.29, 0.717) is 13.1 Å². The van der Waals surface area contributed by atoms with E-state index in [0.717, 1.165) is 42.5 Å². The van der Waals surface area contributed by atoms with Crippen molar-refractivity contribution < 1.29 is 18.3 Å². The number of nitrogens with one attached hydrogen (secondary N) is 1. The summed E-state index contributed by atoms with van der Waals surface area (Å²) in [5.41, 5.74) is -0.141. The number of amides is 1. The van der Waals surface area contributed by atoms with Gasteiger partial charge in [0.2, 0.25) is 5.91 Å². The van der Waals surface area contributed by atoms with E-state index in [1.807, 2.05) is 22.4 Å². The van der Waals surface area contributed by atoms with E-state index in [1.165, 1.54) is 0 Å². The summed E-state index contributed by atoms with van der Waals surface area (Å²) in [7, 11) is 0. The van der Waals surface area contributed by atoms with Crippen molar-refractivity contribution in [1.29, 1.82) is 0 Å². The summed E-state index contributed by atoms with van der Waals surface area (Å²) in [6, 6.07) is 6.98. The van der Waals surface area contributed by atoms with Gasteiger partial charge in [-0.15, -0.1) is 11.3 Å². The van der Waals surface area contributed by atoms with Gasteiger partial charge in [0.1, 0.15) is 11.6 Å². The Bertz CT molecular complexity index is 703. The average Bonchev–Trinajstić information content (AvgIpc) is 3.25. The van der Waals surface area contributed by atoms with Gasteiger partial charge < -0.3 is 10.1 Å². The van der Waals surface area contributed by atoms with Crippen LogP contribution in [0.1, 0.15) is 17.7 Å². The molecule has 3 rings (SSSR count). The maximum absolute atomic E-state index is 13.7. The molecule has 1 fully saturated rings. The lowest BCUT2D eigenvalue weighted by atomic mass is 10.2. The fourth-order valence-corrected chi connectivity index (χ4v) is 3.62. The number of hydrogen-bond donors (Lipinski definition) is 1. The molecule has 1 amide bonds. The molecule has 1 aromatic heterocycles. The molecule has 0 bridgehead atoms. The first-order chi connectivity index (χ1) is 12.1. The molecule has 0 radical (unpaired) electrons. The Labute approximate surface area is 149 Å². The van der Waals surface area contributed by atoms with Crippen LogP contribution in [0.25, 0.3) is 0 Å². The predicted octanol–water partition coefficient (Wildman–Crippen LogP) is 3.65. The van der Waals surface area contributed by atoms with Crippen LogP contribution in [0.5, 0.6) is 0 Å². The number of carbonyl (C=O) groups excluding carboxylic acids is 1. The van der Waals surface area contributed by atoms with Crippen LogP contribution in [0.2, 0.25) is 0 Å². The van der Waals surface area contributed by atoms with Crippen molar-refractivity contribution in [1.82, 2.24) is 4.90 Å². The van der Waals surface area contributed by atoms with Crippen molar-refractivity contribution in [3.05, 3.63) is 52.2 Å². The molecule has 134 valence electrons. The molecule has 2 heterocycles. The zero-order valence-corrected chi connectivity index (χ0v) is 14.5. The van der Waals surface area contributed by atoms with Gasteiger partial charge in [0.25, 0.3) is 0 Å². The van der Waals surface area contributed by atoms with Gasteiger partial charge in [0.15, 0.2) is 0 Å². The summed E-state index contributed by atoms with van der Waals surface area (Å²) < 4.78 is 32.6. The largest absolute Gasteiger partial charge is 0.377 e. The third-order valence-corrected chi connectivity index (χ3v) is 4.88. The van der Waals surface area contributed by atoms with Gasteiger partial charge in [-0.05, 0) is 36.4 Å². The molecule has 0 aliphatic carbocycles. The van der Waals surface area contributed by atoms with Gasteiger partial charge in [-0.1, -0.05) is 6.07 Å². The van der Waals surface area contributed by atoms with Crippen LogP contribution in [0.3, 0.4) is 0 Å². The first-order valence-electron chi connectivity index (χ1n) is 8.21. The number of carbonyl (C=O) groups is 1. The highest BCUT2D eigenvalue weighted by Crippen LogP contribution is 2.18. The van der Waals surface area contributed by atoms with Gasteiger partial charge in [-0.3, -0.25) is 9.69 Å². The maximum atomic E-state index is 13.7. The standard InChI is InChI=1S/C18H20F2N2O2S/c19-13-5-6-16(20)17(9-13)21-18(23)12-22(10-14-3-1-7-24-14)11-15-4-2-8-25-15/h2,4-6,8-9,14H,1,3,7,10-12H2,(H,21,23).